The fourth-order valence-electron chi connectivity index (χ4n) is 3.22. The van der Waals surface area contributed by atoms with E-state index < -0.39 is 5.97 Å². The third-order valence-corrected chi connectivity index (χ3v) is 4.90. The van der Waals surface area contributed by atoms with Gasteiger partial charge in [0.05, 0.1) is 30.3 Å². The molecule has 0 aliphatic heterocycles. The quantitative estimate of drug-likeness (QED) is 0.323. The van der Waals surface area contributed by atoms with Gasteiger partial charge in [-0.1, -0.05) is 0 Å². The number of hydrogen-bond acceptors (Lipinski definition) is 6. The highest BCUT2D eigenvalue weighted by molar-refractivity contribution is 6.00. The van der Waals surface area contributed by atoms with Crippen molar-refractivity contribution in [3.8, 4) is 22.9 Å². The predicted molar refractivity (Wildman–Crippen MR) is 120 cm³/mol. The average molecular weight is 430 g/mol. The Hall–Kier alpha value is -4.13. The number of H-pyrrole nitrogens is 1. The zero-order valence-electron chi connectivity index (χ0n) is 17.8. The van der Waals surface area contributed by atoms with Gasteiger partial charge in [0.25, 0.3) is 0 Å². The lowest BCUT2D eigenvalue weighted by Crippen LogP contribution is -2.14. The Bertz CT molecular complexity index is 1240. The highest BCUT2D eigenvalue weighted by atomic mass is 16.5. The van der Waals surface area contributed by atoms with Crippen molar-refractivity contribution in [2.45, 2.75) is 6.92 Å². The van der Waals surface area contributed by atoms with E-state index in [1.54, 1.807) is 49.6 Å². The monoisotopic (exact) mass is 430 g/mol. The number of benzene rings is 3. The molecule has 0 unspecified atom stereocenters. The van der Waals surface area contributed by atoms with Crippen molar-refractivity contribution < 1.29 is 23.8 Å². The van der Waals surface area contributed by atoms with E-state index in [-0.39, 0.29) is 12.4 Å². The summed E-state index contributed by atoms with van der Waals surface area (Å²) < 4.78 is 15.8. The van der Waals surface area contributed by atoms with Gasteiger partial charge >= 0.3 is 5.97 Å². The van der Waals surface area contributed by atoms with Crippen LogP contribution in [0.2, 0.25) is 0 Å². The second-order valence-corrected chi connectivity index (χ2v) is 7.00. The zero-order chi connectivity index (χ0) is 22.5. The van der Waals surface area contributed by atoms with Crippen molar-refractivity contribution >= 4 is 22.8 Å². The number of hydrogen-bond donors (Lipinski definition) is 1. The second-order valence-electron chi connectivity index (χ2n) is 7.00. The van der Waals surface area contributed by atoms with E-state index in [2.05, 4.69) is 9.97 Å². The molecule has 1 N–H and O–H groups in total. The molecule has 3 aromatic carbocycles. The number of esters is 1. The highest BCUT2D eigenvalue weighted by Crippen LogP contribution is 2.23. The molecule has 0 aliphatic rings. The lowest BCUT2D eigenvalue weighted by atomic mass is 10.1. The molecule has 7 heteroatoms. The predicted octanol–water partition coefficient (Wildman–Crippen LogP) is 4.68. The van der Waals surface area contributed by atoms with E-state index in [4.69, 9.17) is 14.2 Å². The Morgan fingerprint density at radius 2 is 1.59 bits per heavy atom. The zero-order valence-corrected chi connectivity index (χ0v) is 17.8. The lowest BCUT2D eigenvalue weighted by Gasteiger charge is -2.06. The third kappa shape index (κ3) is 4.62. The number of imidazole rings is 1. The summed E-state index contributed by atoms with van der Waals surface area (Å²) in [6.45, 7) is 2.09. The minimum atomic E-state index is -0.577. The van der Waals surface area contributed by atoms with Crippen LogP contribution in [0.4, 0.5) is 0 Å². The molecule has 0 saturated carbocycles. The molecule has 0 bridgehead atoms. The first kappa shape index (κ1) is 21.1. The van der Waals surface area contributed by atoms with Crippen molar-refractivity contribution in [1.29, 1.82) is 0 Å². The summed E-state index contributed by atoms with van der Waals surface area (Å²) in [6, 6.07) is 19.3. The van der Waals surface area contributed by atoms with Crippen molar-refractivity contribution in [3.63, 3.8) is 0 Å². The average Bonchev–Trinajstić information content (AvgIpc) is 3.26. The van der Waals surface area contributed by atoms with Crippen LogP contribution >= 0.6 is 0 Å². The number of carbonyl (C=O) groups is 2. The van der Waals surface area contributed by atoms with Gasteiger partial charge in [-0.3, -0.25) is 4.79 Å². The number of rotatable bonds is 8. The van der Waals surface area contributed by atoms with Crippen LogP contribution in [0.5, 0.6) is 11.5 Å². The van der Waals surface area contributed by atoms with Crippen LogP contribution < -0.4 is 9.47 Å². The van der Waals surface area contributed by atoms with Crippen molar-refractivity contribution in [2.75, 3.05) is 20.3 Å². The van der Waals surface area contributed by atoms with Crippen LogP contribution in [-0.4, -0.2) is 42.0 Å². The molecular formula is C25H22N2O5. The summed E-state index contributed by atoms with van der Waals surface area (Å²) in [6.07, 6.45) is 0. The first-order valence-corrected chi connectivity index (χ1v) is 10.1. The number of aromatic amines is 1. The molecule has 0 saturated heterocycles. The van der Waals surface area contributed by atoms with Crippen LogP contribution in [0.15, 0.2) is 66.7 Å². The normalized spacial score (nSPS) is 10.7. The van der Waals surface area contributed by atoms with E-state index in [9.17, 15) is 9.59 Å². The minimum absolute atomic E-state index is 0.286. The van der Waals surface area contributed by atoms with Gasteiger partial charge in [-0.2, -0.15) is 0 Å². The fourth-order valence-corrected chi connectivity index (χ4v) is 3.22. The number of nitrogens with one attached hydrogen (secondary N) is 1. The Morgan fingerprint density at radius 1 is 0.906 bits per heavy atom. The number of methoxy groups -OCH3 is 1. The van der Waals surface area contributed by atoms with Crippen LogP contribution in [0.3, 0.4) is 0 Å². The molecule has 0 radical (unpaired) electrons. The van der Waals surface area contributed by atoms with Crippen molar-refractivity contribution in [1.82, 2.24) is 9.97 Å². The Labute approximate surface area is 185 Å². The molecule has 0 amide bonds. The largest absolute Gasteiger partial charge is 0.497 e. The van der Waals surface area contributed by atoms with Crippen LogP contribution in [0.1, 0.15) is 27.6 Å². The molecule has 32 heavy (non-hydrogen) atoms. The van der Waals surface area contributed by atoms with Gasteiger partial charge in [0.15, 0.2) is 12.4 Å². The lowest BCUT2D eigenvalue weighted by molar-refractivity contribution is 0.0475. The van der Waals surface area contributed by atoms with Gasteiger partial charge in [0.1, 0.15) is 17.3 Å². The van der Waals surface area contributed by atoms with E-state index in [0.717, 1.165) is 16.8 Å². The summed E-state index contributed by atoms with van der Waals surface area (Å²) in [4.78, 5) is 32.6. The Kier molecular flexibility index (Phi) is 6.17. The SMILES string of the molecule is CCOc1ccc(C(=O)COC(=O)c2ccc3nc(-c4ccc(OC)cc4)[nH]c3c2)cc1. The maximum absolute atomic E-state index is 12.5. The molecule has 0 atom stereocenters. The molecule has 4 aromatic rings. The molecule has 0 fully saturated rings. The molecule has 0 spiro atoms. The highest BCUT2D eigenvalue weighted by Gasteiger charge is 2.14. The number of ether oxygens (including phenoxy) is 3. The second kappa shape index (κ2) is 9.34. The number of ketones is 1. The van der Waals surface area contributed by atoms with Crippen LogP contribution in [0, 0.1) is 0 Å². The number of fused-ring (bicyclic) bond motifs is 1. The molecule has 162 valence electrons. The van der Waals surface area contributed by atoms with Gasteiger partial charge in [-0.15, -0.1) is 0 Å². The summed E-state index contributed by atoms with van der Waals surface area (Å²) >= 11 is 0. The molecule has 4 rings (SSSR count). The van der Waals surface area contributed by atoms with Gasteiger partial charge in [0, 0.05) is 11.1 Å². The van der Waals surface area contributed by atoms with Gasteiger partial charge in [-0.05, 0) is 73.7 Å². The van der Waals surface area contributed by atoms with Gasteiger partial charge in [-0.25, -0.2) is 9.78 Å². The Balaban J connectivity index is 1.43. The number of carbonyl (C=O) groups excluding carboxylic acids is 2. The smallest absolute Gasteiger partial charge is 0.338 e. The van der Waals surface area contributed by atoms with Crippen molar-refractivity contribution in [2.24, 2.45) is 0 Å². The summed E-state index contributed by atoms with van der Waals surface area (Å²) in [5, 5.41) is 0. The van der Waals surface area contributed by atoms with E-state index in [0.29, 0.717) is 34.8 Å². The molecular weight excluding hydrogens is 408 g/mol. The maximum atomic E-state index is 12.5. The molecule has 7 nitrogen and oxygen atoms in total. The summed E-state index contributed by atoms with van der Waals surface area (Å²) in [5.74, 6) is 1.26. The first-order valence-electron chi connectivity index (χ1n) is 10.1. The first-order chi connectivity index (χ1) is 15.6. The number of nitrogens with zero attached hydrogens (tertiary/aromatic N) is 1. The Morgan fingerprint density at radius 3 is 2.28 bits per heavy atom. The number of aromatic nitrogens is 2. The minimum Gasteiger partial charge on any atom is -0.497 e. The van der Waals surface area contributed by atoms with Crippen LogP contribution in [0.25, 0.3) is 22.4 Å². The number of Topliss-reactive ketones (excluding diaryl/α,β-unsaturated/α-hetero) is 1. The maximum Gasteiger partial charge on any atom is 0.338 e. The van der Waals surface area contributed by atoms with Gasteiger partial charge < -0.3 is 19.2 Å². The molecule has 1 heterocycles. The summed E-state index contributed by atoms with van der Waals surface area (Å²) in [5.41, 5.74) is 3.10. The molecule has 0 aliphatic carbocycles. The molecule has 1 aromatic heterocycles. The third-order valence-electron chi connectivity index (χ3n) is 4.90. The topological polar surface area (TPSA) is 90.5 Å². The fraction of sp³-hybridized carbons (Fsp3) is 0.160. The summed E-state index contributed by atoms with van der Waals surface area (Å²) in [7, 11) is 1.61. The van der Waals surface area contributed by atoms with E-state index in [1.165, 1.54) is 0 Å². The van der Waals surface area contributed by atoms with Gasteiger partial charge in [0.2, 0.25) is 0 Å². The van der Waals surface area contributed by atoms with Crippen LogP contribution in [-0.2, 0) is 4.74 Å². The van der Waals surface area contributed by atoms with E-state index >= 15 is 0 Å². The standard InChI is InChI=1S/C25H22N2O5/c1-3-31-20-11-4-16(5-12-20)23(28)15-32-25(29)18-8-13-21-22(14-18)27-24(26-21)17-6-9-19(30-2)10-7-17/h4-14H,3,15H2,1-2H3,(H,26,27). The van der Waals surface area contributed by atoms with Crippen molar-refractivity contribution in [3.05, 3.63) is 77.9 Å². The van der Waals surface area contributed by atoms with E-state index in [1.807, 2.05) is 31.2 Å².